The van der Waals surface area contributed by atoms with Crippen molar-refractivity contribution in [3.8, 4) is 11.5 Å². The summed E-state index contributed by atoms with van der Waals surface area (Å²) >= 11 is 0.944. The third kappa shape index (κ3) is 2.72. The summed E-state index contributed by atoms with van der Waals surface area (Å²) in [5.74, 6) is -4.57. The van der Waals surface area contributed by atoms with Gasteiger partial charge in [-0.25, -0.2) is 14.5 Å². The topological polar surface area (TPSA) is 147 Å². The molecule has 3 atom stereocenters. The molecule has 0 spiro atoms. The van der Waals surface area contributed by atoms with Crippen LogP contribution >= 0.6 is 11.8 Å². The number of aromatic carboxylic acids is 1. The van der Waals surface area contributed by atoms with Gasteiger partial charge in [0.2, 0.25) is 11.8 Å². The Kier molecular flexibility index (Phi) is 4.09. The van der Waals surface area contributed by atoms with Gasteiger partial charge in [0, 0.05) is 17.5 Å². The van der Waals surface area contributed by atoms with Crippen LogP contribution in [0.1, 0.15) is 21.8 Å². The van der Waals surface area contributed by atoms with Crippen molar-refractivity contribution in [1.82, 2.24) is 0 Å². The quantitative estimate of drug-likeness (QED) is 0.361. The van der Waals surface area contributed by atoms with Crippen LogP contribution in [0.25, 0.3) is 0 Å². The molecule has 0 unspecified atom stereocenters. The summed E-state index contributed by atoms with van der Waals surface area (Å²) in [7, 11) is 0. The fourth-order valence-electron chi connectivity index (χ4n) is 4.25. The average molecular weight is 438 g/mol. The Morgan fingerprint density at radius 2 is 1.77 bits per heavy atom. The highest BCUT2D eigenvalue weighted by molar-refractivity contribution is 8.04. The lowest BCUT2D eigenvalue weighted by Gasteiger charge is -2.36. The summed E-state index contributed by atoms with van der Waals surface area (Å²) in [4.78, 5) is 51.3. The molecule has 0 bridgehead atoms. The van der Waals surface area contributed by atoms with Crippen LogP contribution in [0.15, 0.2) is 53.1 Å². The van der Waals surface area contributed by atoms with E-state index in [1.807, 2.05) is 0 Å². The molecule has 2 aromatic carbocycles. The van der Waals surface area contributed by atoms with Gasteiger partial charge in [-0.2, -0.15) is 0 Å². The van der Waals surface area contributed by atoms with Crippen LogP contribution in [0.4, 0.5) is 5.69 Å². The number of nitrogens with two attached hydrogens (primary N) is 1. The Morgan fingerprint density at radius 1 is 1.06 bits per heavy atom. The Labute approximate surface area is 179 Å². The largest absolute Gasteiger partial charge is 0.508 e. The van der Waals surface area contributed by atoms with Gasteiger partial charge >= 0.3 is 11.9 Å². The molecule has 2 aromatic rings. The second-order valence-electron chi connectivity index (χ2n) is 7.30. The number of esters is 1. The first-order chi connectivity index (χ1) is 14.8. The van der Waals surface area contributed by atoms with Gasteiger partial charge in [-0.15, -0.1) is 0 Å². The van der Waals surface area contributed by atoms with Crippen molar-refractivity contribution in [2.45, 2.75) is 11.2 Å². The zero-order valence-corrected chi connectivity index (χ0v) is 16.5. The van der Waals surface area contributed by atoms with Crippen LogP contribution in [0.3, 0.4) is 0 Å². The number of amides is 2. The van der Waals surface area contributed by atoms with E-state index in [1.54, 1.807) is 6.07 Å². The highest BCUT2D eigenvalue weighted by Gasteiger charge is 2.58. The fourth-order valence-corrected chi connectivity index (χ4v) is 5.49. The molecule has 3 aliphatic heterocycles. The summed E-state index contributed by atoms with van der Waals surface area (Å²) in [5.41, 5.74) is 6.97. The van der Waals surface area contributed by atoms with Crippen LogP contribution in [-0.4, -0.2) is 39.2 Å². The van der Waals surface area contributed by atoms with Crippen LogP contribution in [0, 0.1) is 5.92 Å². The zero-order valence-electron chi connectivity index (χ0n) is 15.6. The molecule has 156 valence electrons. The molecule has 1 fully saturated rings. The number of carboxylic acids is 1. The maximum Gasteiger partial charge on any atom is 0.342 e. The number of hydrogen-bond donors (Lipinski definition) is 3. The van der Waals surface area contributed by atoms with Crippen LogP contribution in [0.5, 0.6) is 11.5 Å². The number of anilines is 1. The number of rotatable bonds is 2. The van der Waals surface area contributed by atoms with Crippen LogP contribution in [-0.2, 0) is 14.4 Å². The van der Waals surface area contributed by atoms with E-state index in [2.05, 4.69) is 0 Å². The summed E-state index contributed by atoms with van der Waals surface area (Å²) in [6.45, 7) is 0. The smallest absolute Gasteiger partial charge is 0.342 e. The predicted molar refractivity (Wildman–Crippen MR) is 108 cm³/mol. The van der Waals surface area contributed by atoms with Gasteiger partial charge in [-0.3, -0.25) is 9.59 Å². The van der Waals surface area contributed by atoms with Crippen molar-refractivity contribution >= 4 is 41.2 Å². The van der Waals surface area contributed by atoms with E-state index in [4.69, 9.17) is 15.6 Å². The van der Waals surface area contributed by atoms with Gasteiger partial charge in [-0.05, 0) is 30.3 Å². The molecule has 0 aliphatic carbocycles. The number of thioether (sulfide) groups is 1. The van der Waals surface area contributed by atoms with E-state index in [0.717, 1.165) is 16.7 Å². The maximum absolute atomic E-state index is 13.4. The van der Waals surface area contributed by atoms with Gasteiger partial charge in [0.05, 0.1) is 27.8 Å². The molecule has 4 N–H and O–H groups in total. The van der Waals surface area contributed by atoms with Crippen molar-refractivity contribution < 1.29 is 34.1 Å². The Morgan fingerprint density at radius 3 is 2.45 bits per heavy atom. The summed E-state index contributed by atoms with van der Waals surface area (Å²) in [6, 6.07) is 9.62. The van der Waals surface area contributed by atoms with Gasteiger partial charge in [0.25, 0.3) is 0 Å². The number of imide groups is 1. The van der Waals surface area contributed by atoms with Gasteiger partial charge in [0.15, 0.2) is 0 Å². The number of carbonyl (C=O) groups excluding carboxylic acids is 3. The number of nitrogens with zero attached hydrogens (tertiary/aromatic N) is 1. The maximum atomic E-state index is 13.4. The van der Waals surface area contributed by atoms with Crippen molar-refractivity contribution in [1.29, 1.82) is 0 Å². The van der Waals surface area contributed by atoms with E-state index in [1.165, 1.54) is 36.4 Å². The molecular weight excluding hydrogens is 424 g/mol. The minimum Gasteiger partial charge on any atom is -0.508 e. The zero-order chi connectivity index (χ0) is 22.0. The van der Waals surface area contributed by atoms with E-state index < -0.39 is 40.8 Å². The molecule has 31 heavy (non-hydrogen) atoms. The predicted octanol–water partition coefficient (Wildman–Crippen LogP) is 1.57. The third-order valence-corrected chi connectivity index (χ3v) is 6.83. The molecular formula is C21H14N2O7S. The standard InChI is InChI=1S/C21H14N2O7S/c22-17-15-13(11-6-5-10(24)7-12(11)30-21(15)29)14-16(31-17)19(26)23(18(14)25)9-3-1-8(2-4-9)20(27)28/h1-7,13-14,16,24H,22H2,(H,27,28)/t13-,14+,16-/m1/s1. The number of phenolic OH excluding ortho intramolecular Hbond substituents is 1. The number of phenols is 1. The number of carboxylic acid groups (broad SMARTS) is 1. The first-order valence-electron chi connectivity index (χ1n) is 9.20. The van der Waals surface area contributed by atoms with Crippen LogP contribution in [0.2, 0.25) is 0 Å². The molecule has 10 heteroatoms. The van der Waals surface area contributed by atoms with E-state index in [9.17, 15) is 24.3 Å². The molecule has 9 nitrogen and oxygen atoms in total. The van der Waals surface area contributed by atoms with E-state index >= 15 is 0 Å². The van der Waals surface area contributed by atoms with Crippen molar-refractivity contribution in [3.05, 3.63) is 64.2 Å². The summed E-state index contributed by atoms with van der Waals surface area (Å²) in [5, 5.41) is 18.1. The van der Waals surface area contributed by atoms with Crippen molar-refractivity contribution in [2.24, 2.45) is 11.7 Å². The Bertz CT molecular complexity index is 1220. The minimum absolute atomic E-state index is 0.0200. The number of aromatic hydroxyl groups is 1. The highest BCUT2D eigenvalue weighted by Crippen LogP contribution is 2.54. The summed E-state index contributed by atoms with van der Waals surface area (Å²) < 4.78 is 5.29. The first kappa shape index (κ1) is 19.2. The summed E-state index contributed by atoms with van der Waals surface area (Å²) in [6.07, 6.45) is 0. The van der Waals surface area contributed by atoms with Crippen molar-refractivity contribution in [3.63, 3.8) is 0 Å². The minimum atomic E-state index is -1.13. The molecule has 2 amide bonds. The molecule has 0 aromatic heterocycles. The number of fused-ring (bicyclic) bond motifs is 5. The fraction of sp³-hybridized carbons (Fsp3) is 0.143. The number of ether oxygens (including phenoxy) is 1. The average Bonchev–Trinajstić information content (AvgIpc) is 2.97. The van der Waals surface area contributed by atoms with Gasteiger partial charge < -0.3 is 20.7 Å². The Hall–Kier alpha value is -3.79. The van der Waals surface area contributed by atoms with E-state index in [-0.39, 0.29) is 33.4 Å². The molecule has 3 aliphatic rings. The number of carbonyl (C=O) groups is 4. The highest BCUT2D eigenvalue weighted by atomic mass is 32.2. The number of benzene rings is 2. The first-order valence-corrected chi connectivity index (χ1v) is 10.1. The third-order valence-electron chi connectivity index (χ3n) is 5.61. The second kappa shape index (κ2) is 6.61. The Balaban J connectivity index is 1.61. The lowest BCUT2D eigenvalue weighted by Crippen LogP contribution is -2.39. The lowest BCUT2D eigenvalue weighted by molar-refractivity contribution is -0.131. The molecule has 5 rings (SSSR count). The molecule has 0 radical (unpaired) electrons. The number of hydrogen-bond acceptors (Lipinski definition) is 8. The lowest BCUT2D eigenvalue weighted by atomic mass is 9.77. The molecule has 0 saturated carbocycles. The van der Waals surface area contributed by atoms with E-state index in [0.29, 0.717) is 5.56 Å². The van der Waals surface area contributed by atoms with Crippen LogP contribution < -0.4 is 15.4 Å². The molecule has 1 saturated heterocycles. The normalized spacial score (nSPS) is 24.5. The second-order valence-corrected chi connectivity index (χ2v) is 8.48. The van der Waals surface area contributed by atoms with Gasteiger partial charge in [0.1, 0.15) is 16.7 Å². The van der Waals surface area contributed by atoms with Crippen molar-refractivity contribution in [2.75, 3.05) is 4.90 Å². The van der Waals surface area contributed by atoms with Gasteiger partial charge in [-0.1, -0.05) is 17.8 Å². The molecule has 3 heterocycles. The monoisotopic (exact) mass is 438 g/mol. The SMILES string of the molecule is NC1=C2C(=O)Oc3cc(O)ccc3[C@@H]2[C@@H]2C(=O)N(c3ccc(C(=O)O)cc3)C(=O)[C@@H]2S1.